The molecule has 1 aromatic heterocycles. The van der Waals surface area contributed by atoms with E-state index < -0.39 is 5.91 Å². The molecule has 0 aliphatic rings. The van der Waals surface area contributed by atoms with Gasteiger partial charge in [0.15, 0.2) is 0 Å². The molecule has 0 bridgehead atoms. The smallest absolute Gasteiger partial charge is 0.249 e. The average molecular weight is 339 g/mol. The molecule has 0 fully saturated rings. The Bertz CT molecular complexity index is 609. The predicted octanol–water partition coefficient (Wildman–Crippen LogP) is 4.09. The van der Waals surface area contributed by atoms with Crippen molar-refractivity contribution in [3.63, 3.8) is 0 Å². The third kappa shape index (κ3) is 3.16. The van der Waals surface area contributed by atoms with E-state index in [-0.39, 0.29) is 6.04 Å². The molecule has 3 nitrogen and oxygen atoms in total. The van der Waals surface area contributed by atoms with Gasteiger partial charge in [-0.05, 0) is 53.5 Å². The lowest BCUT2D eigenvalue weighted by Crippen LogP contribution is -2.14. The van der Waals surface area contributed by atoms with Crippen LogP contribution in [-0.4, -0.2) is 5.91 Å². The largest absolute Gasteiger partial charge is 0.377 e. The maximum absolute atomic E-state index is 11.3. The highest BCUT2D eigenvalue weighted by atomic mass is 79.9. The Labute approximate surface area is 125 Å². The first-order valence-electron chi connectivity index (χ1n) is 5.89. The number of benzene rings is 1. The van der Waals surface area contributed by atoms with Gasteiger partial charge in [0.2, 0.25) is 5.91 Å². The first-order valence-corrected chi connectivity index (χ1v) is 7.56. The number of primary amides is 1. The molecule has 0 radical (unpaired) electrons. The Morgan fingerprint density at radius 2 is 2.21 bits per heavy atom. The molecule has 2 rings (SSSR count). The van der Waals surface area contributed by atoms with Gasteiger partial charge in [-0.15, -0.1) is 11.3 Å². The van der Waals surface area contributed by atoms with Crippen LogP contribution in [-0.2, 0) is 0 Å². The molecular weight excluding hydrogens is 324 g/mol. The van der Waals surface area contributed by atoms with E-state index in [1.54, 1.807) is 17.4 Å². The first-order chi connectivity index (χ1) is 8.99. The molecule has 1 unspecified atom stereocenters. The number of hydrogen-bond donors (Lipinski definition) is 2. The number of thiophene rings is 1. The number of nitrogens with one attached hydrogen (secondary N) is 1. The van der Waals surface area contributed by atoms with Gasteiger partial charge in [-0.2, -0.15) is 0 Å². The zero-order chi connectivity index (χ0) is 14.0. The second-order valence-corrected chi connectivity index (χ2v) is 6.23. The van der Waals surface area contributed by atoms with Crippen LogP contribution in [0.2, 0.25) is 0 Å². The van der Waals surface area contributed by atoms with Gasteiger partial charge in [0.25, 0.3) is 0 Å². The number of hydrogen-bond acceptors (Lipinski definition) is 3. The summed E-state index contributed by atoms with van der Waals surface area (Å²) in [5.41, 5.74) is 7.74. The van der Waals surface area contributed by atoms with Crippen LogP contribution in [0.5, 0.6) is 0 Å². The van der Waals surface area contributed by atoms with Crippen molar-refractivity contribution in [2.75, 3.05) is 5.32 Å². The van der Waals surface area contributed by atoms with Crippen molar-refractivity contribution in [3.8, 4) is 0 Å². The Kier molecular flexibility index (Phi) is 4.27. The van der Waals surface area contributed by atoms with Crippen molar-refractivity contribution < 1.29 is 4.79 Å². The second-order valence-electron chi connectivity index (χ2n) is 4.38. The molecule has 0 aliphatic carbocycles. The van der Waals surface area contributed by atoms with Crippen LogP contribution in [0.25, 0.3) is 0 Å². The van der Waals surface area contributed by atoms with E-state index in [4.69, 9.17) is 5.73 Å². The standard InChI is InChI=1S/C14H15BrN2OS/c1-8-11(14(16)18)4-3-5-12(8)17-9(2)13-6-10(15)7-19-13/h3-7,9,17H,1-2H3,(H2,16,18). The summed E-state index contributed by atoms with van der Waals surface area (Å²) in [6.45, 7) is 3.99. The fraction of sp³-hybridized carbons (Fsp3) is 0.214. The highest BCUT2D eigenvalue weighted by molar-refractivity contribution is 9.10. The average Bonchev–Trinajstić information content (AvgIpc) is 2.78. The topological polar surface area (TPSA) is 55.1 Å². The van der Waals surface area contributed by atoms with Crippen molar-refractivity contribution in [2.24, 2.45) is 5.73 Å². The summed E-state index contributed by atoms with van der Waals surface area (Å²) in [6.07, 6.45) is 0. The number of carbonyl (C=O) groups excluding carboxylic acids is 1. The summed E-state index contributed by atoms with van der Waals surface area (Å²) in [7, 11) is 0. The molecule has 1 aromatic carbocycles. The van der Waals surface area contributed by atoms with Crippen LogP contribution in [0.15, 0.2) is 34.1 Å². The van der Waals surface area contributed by atoms with Crippen molar-refractivity contribution in [2.45, 2.75) is 19.9 Å². The third-order valence-corrected chi connectivity index (χ3v) is 4.86. The Balaban J connectivity index is 2.24. The summed E-state index contributed by atoms with van der Waals surface area (Å²) in [4.78, 5) is 12.6. The van der Waals surface area contributed by atoms with Crippen LogP contribution >= 0.6 is 27.3 Å². The highest BCUT2D eigenvalue weighted by Crippen LogP contribution is 2.29. The fourth-order valence-electron chi connectivity index (χ4n) is 1.92. The molecule has 2 aromatic rings. The van der Waals surface area contributed by atoms with Gasteiger partial charge in [-0.25, -0.2) is 0 Å². The summed E-state index contributed by atoms with van der Waals surface area (Å²) >= 11 is 5.14. The number of rotatable bonds is 4. The van der Waals surface area contributed by atoms with Gasteiger partial charge in [0.1, 0.15) is 0 Å². The second kappa shape index (κ2) is 5.75. The Hall–Kier alpha value is -1.33. The van der Waals surface area contributed by atoms with Crippen LogP contribution in [0, 0.1) is 6.92 Å². The molecule has 5 heteroatoms. The van der Waals surface area contributed by atoms with E-state index >= 15 is 0 Å². The minimum absolute atomic E-state index is 0.179. The van der Waals surface area contributed by atoms with E-state index in [0.29, 0.717) is 5.56 Å². The SMILES string of the molecule is Cc1c(NC(C)c2cc(Br)cs2)cccc1C(N)=O. The summed E-state index contributed by atoms with van der Waals surface area (Å²) in [5, 5.41) is 5.47. The van der Waals surface area contributed by atoms with Crippen LogP contribution < -0.4 is 11.1 Å². The van der Waals surface area contributed by atoms with Crippen molar-refractivity contribution in [1.82, 2.24) is 0 Å². The van der Waals surface area contributed by atoms with E-state index in [2.05, 4.69) is 39.6 Å². The molecule has 0 saturated carbocycles. The monoisotopic (exact) mass is 338 g/mol. The maximum atomic E-state index is 11.3. The van der Waals surface area contributed by atoms with Crippen LogP contribution in [0.1, 0.15) is 33.8 Å². The number of nitrogens with two attached hydrogens (primary N) is 1. The number of carbonyl (C=O) groups is 1. The van der Waals surface area contributed by atoms with Gasteiger partial charge in [0.05, 0.1) is 6.04 Å². The number of anilines is 1. The normalized spacial score (nSPS) is 12.2. The lowest BCUT2D eigenvalue weighted by atomic mass is 10.1. The van der Waals surface area contributed by atoms with Crippen LogP contribution in [0.4, 0.5) is 5.69 Å². The summed E-state index contributed by atoms with van der Waals surface area (Å²) < 4.78 is 1.09. The molecule has 0 saturated heterocycles. The molecular formula is C14H15BrN2OS. The molecule has 1 atom stereocenters. The molecule has 100 valence electrons. The Morgan fingerprint density at radius 3 is 2.79 bits per heavy atom. The van der Waals surface area contributed by atoms with Crippen molar-refractivity contribution in [3.05, 3.63) is 50.1 Å². The zero-order valence-corrected chi connectivity index (χ0v) is 13.1. The minimum atomic E-state index is -0.396. The lowest BCUT2D eigenvalue weighted by Gasteiger charge is -2.17. The minimum Gasteiger partial charge on any atom is -0.377 e. The van der Waals surface area contributed by atoms with Crippen LogP contribution in [0.3, 0.4) is 0 Å². The Morgan fingerprint density at radius 1 is 1.47 bits per heavy atom. The van der Waals surface area contributed by atoms with Gasteiger partial charge in [-0.1, -0.05) is 6.07 Å². The van der Waals surface area contributed by atoms with Gasteiger partial charge in [-0.3, -0.25) is 4.79 Å². The van der Waals surface area contributed by atoms with Crippen molar-refractivity contribution in [1.29, 1.82) is 0 Å². The van der Waals surface area contributed by atoms with E-state index in [9.17, 15) is 4.79 Å². The maximum Gasteiger partial charge on any atom is 0.249 e. The number of halogens is 1. The molecule has 19 heavy (non-hydrogen) atoms. The number of amides is 1. The summed E-state index contributed by atoms with van der Waals surface area (Å²) in [5.74, 6) is -0.396. The highest BCUT2D eigenvalue weighted by Gasteiger charge is 2.12. The van der Waals surface area contributed by atoms with Crippen molar-refractivity contribution >= 4 is 38.9 Å². The van der Waals surface area contributed by atoms with E-state index in [0.717, 1.165) is 15.7 Å². The fourth-order valence-corrected chi connectivity index (χ4v) is 3.37. The molecule has 0 aliphatic heterocycles. The molecule has 1 heterocycles. The third-order valence-electron chi connectivity index (χ3n) is 2.99. The van der Waals surface area contributed by atoms with Gasteiger partial charge >= 0.3 is 0 Å². The van der Waals surface area contributed by atoms with Gasteiger partial charge in [0, 0.05) is 26.0 Å². The van der Waals surface area contributed by atoms with E-state index in [1.165, 1.54) is 4.88 Å². The molecule has 1 amide bonds. The quantitative estimate of drug-likeness (QED) is 0.881. The summed E-state index contributed by atoms with van der Waals surface area (Å²) in [6, 6.07) is 7.82. The zero-order valence-electron chi connectivity index (χ0n) is 10.7. The predicted molar refractivity (Wildman–Crippen MR) is 83.8 cm³/mol. The van der Waals surface area contributed by atoms with E-state index in [1.807, 2.05) is 19.1 Å². The molecule has 0 spiro atoms. The lowest BCUT2D eigenvalue weighted by molar-refractivity contribution is 0.1000. The molecule has 3 N–H and O–H groups in total. The van der Waals surface area contributed by atoms with Gasteiger partial charge < -0.3 is 11.1 Å². The first kappa shape index (κ1) is 14.1.